The number of nitrogens with one attached hydrogen (secondary N) is 2. The zero-order valence-electron chi connectivity index (χ0n) is 11.8. The van der Waals surface area contributed by atoms with Crippen LogP contribution in [0.4, 0.5) is 11.4 Å². The maximum absolute atomic E-state index is 11.7. The lowest BCUT2D eigenvalue weighted by atomic mass is 10.2. The van der Waals surface area contributed by atoms with Crippen molar-refractivity contribution < 1.29 is 8.42 Å². The van der Waals surface area contributed by atoms with E-state index >= 15 is 0 Å². The van der Waals surface area contributed by atoms with Crippen LogP contribution in [0.2, 0.25) is 0 Å². The second-order valence-electron chi connectivity index (χ2n) is 4.61. The van der Waals surface area contributed by atoms with Crippen LogP contribution in [0.3, 0.4) is 0 Å². The monoisotopic (exact) mass is 326 g/mol. The van der Waals surface area contributed by atoms with Crippen LogP contribution in [-0.4, -0.2) is 27.0 Å². The molecule has 0 amide bonds. The molecule has 0 aliphatic heterocycles. The standard InChI is InChI=1S/C13H18N4O2S2/c1-9(13-16-5-6-20-13)8-17-10-3-4-12(11(14)7-10)21(18,19)15-2/h3-7,9,15,17H,8,14H2,1-2H3. The number of nitrogens with zero attached hydrogens (tertiary/aromatic N) is 1. The summed E-state index contributed by atoms with van der Waals surface area (Å²) < 4.78 is 25.7. The smallest absolute Gasteiger partial charge is 0.242 e. The van der Waals surface area contributed by atoms with E-state index in [0.717, 1.165) is 10.7 Å². The Kier molecular flexibility index (Phi) is 4.81. The first-order chi connectivity index (χ1) is 9.94. The van der Waals surface area contributed by atoms with Gasteiger partial charge in [0.15, 0.2) is 0 Å². The molecule has 0 saturated heterocycles. The number of benzene rings is 1. The highest BCUT2D eigenvalue weighted by molar-refractivity contribution is 7.89. The molecule has 0 radical (unpaired) electrons. The van der Waals surface area contributed by atoms with Crippen molar-refractivity contribution in [1.29, 1.82) is 0 Å². The Bertz CT molecular complexity index is 699. The first kappa shape index (κ1) is 15.7. The summed E-state index contributed by atoms with van der Waals surface area (Å²) >= 11 is 1.61. The second-order valence-corrected chi connectivity index (χ2v) is 7.39. The summed E-state index contributed by atoms with van der Waals surface area (Å²) in [5, 5.41) is 6.25. The number of hydrogen-bond acceptors (Lipinski definition) is 6. The Hall–Kier alpha value is -1.64. The molecule has 2 aromatic rings. The van der Waals surface area contributed by atoms with E-state index in [1.165, 1.54) is 13.1 Å². The number of aromatic nitrogens is 1. The van der Waals surface area contributed by atoms with E-state index in [1.807, 2.05) is 5.38 Å². The normalized spacial score (nSPS) is 13.0. The van der Waals surface area contributed by atoms with Gasteiger partial charge in [0, 0.05) is 29.7 Å². The van der Waals surface area contributed by atoms with E-state index in [1.54, 1.807) is 29.7 Å². The fraction of sp³-hybridized carbons (Fsp3) is 0.308. The van der Waals surface area contributed by atoms with Gasteiger partial charge < -0.3 is 11.1 Å². The second kappa shape index (κ2) is 6.42. The Balaban J connectivity index is 2.07. The summed E-state index contributed by atoms with van der Waals surface area (Å²) in [5.74, 6) is 0.270. The van der Waals surface area contributed by atoms with Gasteiger partial charge in [-0.2, -0.15) is 0 Å². The molecule has 0 bridgehead atoms. The zero-order chi connectivity index (χ0) is 15.5. The van der Waals surface area contributed by atoms with Gasteiger partial charge in [0.1, 0.15) is 4.90 Å². The summed E-state index contributed by atoms with van der Waals surface area (Å²) in [5.41, 5.74) is 6.82. The van der Waals surface area contributed by atoms with Gasteiger partial charge in [-0.1, -0.05) is 6.92 Å². The van der Waals surface area contributed by atoms with Gasteiger partial charge in [-0.25, -0.2) is 18.1 Å². The van der Waals surface area contributed by atoms with Crippen LogP contribution in [0, 0.1) is 0 Å². The van der Waals surface area contributed by atoms with E-state index in [4.69, 9.17) is 5.73 Å². The van der Waals surface area contributed by atoms with Gasteiger partial charge in [0.2, 0.25) is 10.0 Å². The van der Waals surface area contributed by atoms with Crippen LogP contribution in [0.15, 0.2) is 34.7 Å². The number of sulfonamides is 1. The van der Waals surface area contributed by atoms with Gasteiger partial charge in [0.25, 0.3) is 0 Å². The van der Waals surface area contributed by atoms with Crippen LogP contribution in [-0.2, 0) is 10.0 Å². The number of nitrogens with two attached hydrogens (primary N) is 1. The maximum Gasteiger partial charge on any atom is 0.242 e. The average molecular weight is 326 g/mol. The summed E-state index contributed by atoms with van der Waals surface area (Å²) in [4.78, 5) is 4.36. The summed E-state index contributed by atoms with van der Waals surface area (Å²) in [6.45, 7) is 2.78. The average Bonchev–Trinajstić information content (AvgIpc) is 2.98. The quantitative estimate of drug-likeness (QED) is 0.704. The summed E-state index contributed by atoms with van der Waals surface area (Å²) in [6, 6.07) is 4.82. The molecular weight excluding hydrogens is 308 g/mol. The fourth-order valence-electron chi connectivity index (χ4n) is 1.85. The Morgan fingerprint density at radius 3 is 2.76 bits per heavy atom. The summed E-state index contributed by atoms with van der Waals surface area (Å²) in [7, 11) is -2.17. The molecule has 1 atom stereocenters. The van der Waals surface area contributed by atoms with Crippen molar-refractivity contribution in [3.63, 3.8) is 0 Å². The van der Waals surface area contributed by atoms with E-state index in [0.29, 0.717) is 6.54 Å². The number of rotatable bonds is 6. The molecular formula is C13H18N4O2S2. The molecule has 21 heavy (non-hydrogen) atoms. The molecule has 0 fully saturated rings. The first-order valence-corrected chi connectivity index (χ1v) is 8.76. The van der Waals surface area contributed by atoms with Crippen molar-refractivity contribution in [2.24, 2.45) is 0 Å². The topological polar surface area (TPSA) is 97.1 Å². The fourth-order valence-corrected chi connectivity index (χ4v) is 3.38. The maximum atomic E-state index is 11.7. The summed E-state index contributed by atoms with van der Waals surface area (Å²) in [6.07, 6.45) is 1.78. The molecule has 114 valence electrons. The predicted octanol–water partition coefficient (Wildman–Crippen LogP) is 1.85. The predicted molar refractivity (Wildman–Crippen MR) is 86.1 cm³/mol. The van der Waals surface area contributed by atoms with Crippen LogP contribution in [0.25, 0.3) is 0 Å². The molecule has 0 spiro atoms. The van der Waals surface area contributed by atoms with Crippen molar-refractivity contribution in [2.45, 2.75) is 17.7 Å². The first-order valence-electron chi connectivity index (χ1n) is 6.40. The van der Waals surface area contributed by atoms with Crippen LogP contribution < -0.4 is 15.8 Å². The largest absolute Gasteiger partial charge is 0.398 e. The van der Waals surface area contributed by atoms with Crippen LogP contribution in [0.1, 0.15) is 17.8 Å². The van der Waals surface area contributed by atoms with Gasteiger partial charge in [-0.3, -0.25) is 0 Å². The molecule has 4 N–H and O–H groups in total. The van der Waals surface area contributed by atoms with Gasteiger partial charge in [-0.15, -0.1) is 11.3 Å². The molecule has 8 heteroatoms. The van der Waals surface area contributed by atoms with E-state index in [-0.39, 0.29) is 16.5 Å². The molecule has 0 saturated carbocycles. The molecule has 0 aliphatic rings. The van der Waals surface area contributed by atoms with Crippen LogP contribution in [0.5, 0.6) is 0 Å². The highest BCUT2D eigenvalue weighted by Gasteiger charge is 2.15. The third-order valence-corrected chi connectivity index (χ3v) is 5.55. The van der Waals surface area contributed by atoms with Gasteiger partial charge in [0.05, 0.1) is 10.7 Å². The zero-order valence-corrected chi connectivity index (χ0v) is 13.5. The molecule has 0 aliphatic carbocycles. The van der Waals surface area contributed by atoms with Crippen molar-refractivity contribution in [3.05, 3.63) is 34.8 Å². The Labute approximate surface area is 128 Å². The minimum Gasteiger partial charge on any atom is -0.398 e. The van der Waals surface area contributed by atoms with E-state index in [9.17, 15) is 8.42 Å². The minimum atomic E-state index is -3.52. The van der Waals surface area contributed by atoms with Gasteiger partial charge in [-0.05, 0) is 25.2 Å². The lowest BCUT2D eigenvalue weighted by Gasteiger charge is -2.13. The van der Waals surface area contributed by atoms with Gasteiger partial charge >= 0.3 is 0 Å². The number of nitrogen functional groups attached to an aromatic ring is 1. The number of anilines is 2. The third-order valence-electron chi connectivity index (χ3n) is 3.05. The number of thiazole rings is 1. The molecule has 2 rings (SSSR count). The van der Waals surface area contributed by atoms with E-state index < -0.39 is 10.0 Å². The minimum absolute atomic E-state index is 0.0866. The van der Waals surface area contributed by atoms with Crippen molar-refractivity contribution >= 4 is 32.7 Å². The molecule has 6 nitrogen and oxygen atoms in total. The van der Waals surface area contributed by atoms with Crippen molar-refractivity contribution in [2.75, 3.05) is 24.6 Å². The molecule has 1 aromatic carbocycles. The lowest BCUT2D eigenvalue weighted by molar-refractivity contribution is 0.588. The van der Waals surface area contributed by atoms with Crippen molar-refractivity contribution in [1.82, 2.24) is 9.71 Å². The Morgan fingerprint density at radius 1 is 1.43 bits per heavy atom. The van der Waals surface area contributed by atoms with E-state index in [2.05, 4.69) is 21.9 Å². The lowest BCUT2D eigenvalue weighted by Crippen LogP contribution is -2.20. The third kappa shape index (κ3) is 3.72. The van der Waals surface area contributed by atoms with Crippen molar-refractivity contribution in [3.8, 4) is 0 Å². The molecule has 1 aromatic heterocycles. The number of hydrogen-bond donors (Lipinski definition) is 3. The SMILES string of the molecule is CNS(=O)(=O)c1ccc(NCC(C)c2nccs2)cc1N. The van der Waals surface area contributed by atoms with Crippen LogP contribution >= 0.6 is 11.3 Å². The molecule has 1 unspecified atom stereocenters. The Morgan fingerprint density at radius 2 is 2.19 bits per heavy atom. The highest BCUT2D eigenvalue weighted by Crippen LogP contribution is 2.23. The molecule has 1 heterocycles. The highest BCUT2D eigenvalue weighted by atomic mass is 32.2.